The van der Waals surface area contributed by atoms with E-state index in [2.05, 4.69) is 34.7 Å². The predicted octanol–water partition coefficient (Wildman–Crippen LogP) is 2.51. The van der Waals surface area contributed by atoms with Gasteiger partial charge >= 0.3 is 0 Å². The topological polar surface area (TPSA) is 26.0 Å². The maximum absolute atomic E-state index is 5.73. The van der Waals surface area contributed by atoms with Crippen molar-refractivity contribution >= 4 is 28.3 Å². The molecule has 0 aromatic heterocycles. The highest BCUT2D eigenvalue weighted by atomic mass is 127. The normalized spacial score (nSPS) is 9.80. The Morgan fingerprint density at radius 3 is 2.70 bits per heavy atom. The lowest BCUT2D eigenvalue weighted by Crippen LogP contribution is -1.91. The van der Waals surface area contributed by atoms with E-state index in [0.717, 1.165) is 10.1 Å². The summed E-state index contributed by atoms with van der Waals surface area (Å²) in [5, 5.41) is 0. The zero-order valence-electron chi connectivity index (χ0n) is 5.89. The third-order valence-corrected chi connectivity index (χ3v) is 2.27. The molecular weight excluding hydrogens is 237 g/mol. The Balaban J connectivity index is 3.07. The summed E-state index contributed by atoms with van der Waals surface area (Å²) in [7, 11) is 0. The van der Waals surface area contributed by atoms with Crippen LogP contribution >= 0.6 is 22.6 Å². The monoisotopic (exact) mass is 247 g/mol. The molecule has 54 valence electrons. The Bertz CT molecular complexity index is 233. The fourth-order valence-electron chi connectivity index (χ4n) is 0.836. The highest BCUT2D eigenvalue weighted by Crippen LogP contribution is 2.16. The highest BCUT2D eigenvalue weighted by Gasteiger charge is 1.94. The van der Waals surface area contributed by atoms with Crippen molar-refractivity contribution < 1.29 is 0 Å². The van der Waals surface area contributed by atoms with Crippen molar-refractivity contribution in [2.24, 2.45) is 0 Å². The van der Waals surface area contributed by atoms with Gasteiger partial charge in [-0.05, 0) is 24.1 Å². The summed E-state index contributed by atoms with van der Waals surface area (Å²) >= 11 is 2.31. The van der Waals surface area contributed by atoms with Gasteiger partial charge in [0.1, 0.15) is 0 Å². The fraction of sp³-hybridized carbons (Fsp3) is 0.250. The molecule has 0 saturated carbocycles. The first-order chi connectivity index (χ1) is 4.74. The summed E-state index contributed by atoms with van der Waals surface area (Å²) in [6, 6.07) is 6.18. The van der Waals surface area contributed by atoms with E-state index in [9.17, 15) is 0 Å². The number of aryl methyl sites for hydroxylation is 1. The minimum Gasteiger partial charge on any atom is -0.398 e. The molecule has 0 radical (unpaired) electrons. The minimum absolute atomic E-state index is 0.911. The molecular formula is C8H10IN. The van der Waals surface area contributed by atoms with Crippen LogP contribution in [0, 0.1) is 6.92 Å². The van der Waals surface area contributed by atoms with Crippen LogP contribution in [0.1, 0.15) is 11.1 Å². The maximum Gasteiger partial charge on any atom is 0.0357 e. The van der Waals surface area contributed by atoms with Gasteiger partial charge in [0.15, 0.2) is 0 Å². The van der Waals surface area contributed by atoms with Gasteiger partial charge < -0.3 is 5.73 Å². The molecule has 0 saturated heterocycles. The highest BCUT2D eigenvalue weighted by molar-refractivity contribution is 14.1. The summed E-state index contributed by atoms with van der Waals surface area (Å²) in [6.45, 7) is 2.05. The molecule has 1 aromatic carbocycles. The minimum atomic E-state index is 0.911. The van der Waals surface area contributed by atoms with Crippen LogP contribution < -0.4 is 5.73 Å². The van der Waals surface area contributed by atoms with E-state index in [1.165, 1.54) is 11.1 Å². The molecule has 2 heteroatoms. The van der Waals surface area contributed by atoms with Crippen LogP contribution in [-0.4, -0.2) is 0 Å². The van der Waals surface area contributed by atoms with Gasteiger partial charge in [0.2, 0.25) is 0 Å². The summed E-state index contributed by atoms with van der Waals surface area (Å²) in [4.78, 5) is 0. The van der Waals surface area contributed by atoms with E-state index in [1.54, 1.807) is 0 Å². The van der Waals surface area contributed by atoms with Gasteiger partial charge in [0.05, 0.1) is 0 Å². The SMILES string of the molecule is Cc1ccc(CI)c(N)c1. The van der Waals surface area contributed by atoms with Crippen LogP contribution in [0.15, 0.2) is 18.2 Å². The second-order valence-electron chi connectivity index (χ2n) is 2.34. The molecule has 0 amide bonds. The number of anilines is 1. The number of hydrogen-bond acceptors (Lipinski definition) is 1. The van der Waals surface area contributed by atoms with Gasteiger partial charge in [-0.2, -0.15) is 0 Å². The second kappa shape index (κ2) is 3.23. The van der Waals surface area contributed by atoms with Gasteiger partial charge in [0, 0.05) is 10.1 Å². The lowest BCUT2D eigenvalue weighted by Gasteiger charge is -2.01. The first-order valence-electron chi connectivity index (χ1n) is 3.15. The molecule has 1 aromatic rings. The van der Waals surface area contributed by atoms with Crippen LogP contribution in [0.2, 0.25) is 0 Å². The molecule has 0 aliphatic rings. The zero-order chi connectivity index (χ0) is 7.56. The molecule has 0 aliphatic carbocycles. The van der Waals surface area contributed by atoms with Crippen molar-refractivity contribution in [1.82, 2.24) is 0 Å². The van der Waals surface area contributed by atoms with Gasteiger partial charge in [-0.15, -0.1) is 0 Å². The number of alkyl halides is 1. The average molecular weight is 247 g/mol. The van der Waals surface area contributed by atoms with Gasteiger partial charge in [-0.25, -0.2) is 0 Å². The first kappa shape index (κ1) is 7.85. The fourth-order valence-corrected chi connectivity index (χ4v) is 1.53. The molecule has 1 rings (SSSR count). The summed E-state index contributed by atoms with van der Waals surface area (Å²) in [5.74, 6) is 0. The second-order valence-corrected chi connectivity index (χ2v) is 3.10. The quantitative estimate of drug-likeness (QED) is 0.460. The lowest BCUT2D eigenvalue weighted by molar-refractivity contribution is 1.39. The molecule has 1 nitrogen and oxygen atoms in total. The smallest absolute Gasteiger partial charge is 0.0357 e. The van der Waals surface area contributed by atoms with Crippen molar-refractivity contribution in [3.8, 4) is 0 Å². The van der Waals surface area contributed by atoms with E-state index in [1.807, 2.05) is 13.0 Å². The molecule has 0 atom stereocenters. The summed E-state index contributed by atoms with van der Waals surface area (Å²) in [5.41, 5.74) is 9.09. The van der Waals surface area contributed by atoms with Crippen molar-refractivity contribution in [3.05, 3.63) is 29.3 Å². The Labute approximate surface area is 74.8 Å². The molecule has 0 heterocycles. The number of halogens is 1. The largest absolute Gasteiger partial charge is 0.398 e. The number of benzene rings is 1. The van der Waals surface area contributed by atoms with Crippen LogP contribution in [0.3, 0.4) is 0 Å². The zero-order valence-corrected chi connectivity index (χ0v) is 8.05. The lowest BCUT2D eigenvalue weighted by atomic mass is 10.1. The van der Waals surface area contributed by atoms with Crippen molar-refractivity contribution in [2.45, 2.75) is 11.4 Å². The van der Waals surface area contributed by atoms with E-state index in [-0.39, 0.29) is 0 Å². The van der Waals surface area contributed by atoms with Crippen molar-refractivity contribution in [3.63, 3.8) is 0 Å². The first-order valence-corrected chi connectivity index (χ1v) is 4.67. The third kappa shape index (κ3) is 1.62. The Hall–Kier alpha value is -0.250. The van der Waals surface area contributed by atoms with Crippen LogP contribution in [-0.2, 0) is 4.43 Å². The number of hydrogen-bond donors (Lipinski definition) is 1. The van der Waals surface area contributed by atoms with Gasteiger partial charge in [0.25, 0.3) is 0 Å². The summed E-state index contributed by atoms with van der Waals surface area (Å²) in [6.07, 6.45) is 0. The maximum atomic E-state index is 5.73. The Morgan fingerprint density at radius 1 is 1.50 bits per heavy atom. The van der Waals surface area contributed by atoms with Crippen molar-refractivity contribution in [2.75, 3.05) is 5.73 Å². The molecule has 0 fully saturated rings. The Kier molecular flexibility index (Phi) is 2.54. The number of nitrogen functional groups attached to an aromatic ring is 1. The summed E-state index contributed by atoms with van der Waals surface area (Å²) < 4.78 is 0.990. The molecule has 0 spiro atoms. The van der Waals surface area contributed by atoms with Gasteiger partial charge in [-0.1, -0.05) is 34.7 Å². The molecule has 0 bridgehead atoms. The van der Waals surface area contributed by atoms with Gasteiger partial charge in [-0.3, -0.25) is 0 Å². The van der Waals surface area contributed by atoms with E-state index < -0.39 is 0 Å². The third-order valence-electron chi connectivity index (χ3n) is 1.45. The molecule has 0 unspecified atom stereocenters. The molecule has 2 N–H and O–H groups in total. The van der Waals surface area contributed by atoms with E-state index >= 15 is 0 Å². The number of rotatable bonds is 1. The molecule has 10 heavy (non-hydrogen) atoms. The van der Waals surface area contributed by atoms with Crippen LogP contribution in [0.4, 0.5) is 5.69 Å². The standard InChI is InChI=1S/C8H10IN/c1-6-2-3-7(5-9)8(10)4-6/h2-4H,5,10H2,1H3. The Morgan fingerprint density at radius 2 is 2.20 bits per heavy atom. The average Bonchev–Trinajstić information content (AvgIpc) is 1.88. The predicted molar refractivity (Wildman–Crippen MR) is 53.3 cm³/mol. The van der Waals surface area contributed by atoms with E-state index in [0.29, 0.717) is 0 Å². The number of nitrogens with two attached hydrogens (primary N) is 1. The molecule has 0 aliphatic heterocycles. The van der Waals surface area contributed by atoms with Crippen LogP contribution in [0.25, 0.3) is 0 Å². The van der Waals surface area contributed by atoms with Crippen LogP contribution in [0.5, 0.6) is 0 Å². The van der Waals surface area contributed by atoms with Crippen molar-refractivity contribution in [1.29, 1.82) is 0 Å². The van der Waals surface area contributed by atoms with E-state index in [4.69, 9.17) is 5.73 Å².